The second-order valence-corrected chi connectivity index (χ2v) is 11.2. The van der Waals surface area contributed by atoms with Crippen molar-refractivity contribution in [1.82, 2.24) is 10.2 Å². The summed E-state index contributed by atoms with van der Waals surface area (Å²) in [6.07, 6.45) is 8.93. The molecule has 7 nitrogen and oxygen atoms in total. The second kappa shape index (κ2) is 9.59. The first kappa shape index (κ1) is 23.2. The topological polar surface area (TPSA) is 87.7 Å². The van der Waals surface area contributed by atoms with Crippen LogP contribution in [-0.2, 0) is 14.3 Å². The minimum absolute atomic E-state index is 0.124. The number of urea groups is 1. The predicted molar refractivity (Wildman–Crippen MR) is 129 cm³/mol. The molecule has 6 rings (SSSR count). The van der Waals surface area contributed by atoms with Crippen molar-refractivity contribution in [1.29, 1.82) is 0 Å². The zero-order valence-corrected chi connectivity index (χ0v) is 20.1. The highest BCUT2D eigenvalue weighted by atomic mass is 16.5. The van der Waals surface area contributed by atoms with Crippen molar-refractivity contribution < 1.29 is 19.1 Å². The number of rotatable bonds is 6. The van der Waals surface area contributed by atoms with Gasteiger partial charge in [-0.1, -0.05) is 18.2 Å². The minimum atomic E-state index is -0.333. The Hall–Kier alpha value is -2.57. The monoisotopic (exact) mass is 467 g/mol. The fourth-order valence-corrected chi connectivity index (χ4v) is 7.44. The molecule has 3 amide bonds. The van der Waals surface area contributed by atoms with Crippen LogP contribution in [0.2, 0.25) is 0 Å². The SMILES string of the molecule is CC(NC(=O)COC(=O)C1CCN(C(=O)Nc2ccccc2)CC1)C12CC3CC(CC(C3)C1)C2. The number of nitrogens with one attached hydrogen (secondary N) is 2. The van der Waals surface area contributed by atoms with Gasteiger partial charge in [0.15, 0.2) is 6.61 Å². The Morgan fingerprint density at radius 1 is 1.00 bits per heavy atom. The molecule has 7 heteroatoms. The molecule has 1 heterocycles. The first-order chi connectivity index (χ1) is 16.4. The Morgan fingerprint density at radius 3 is 2.18 bits per heavy atom. The van der Waals surface area contributed by atoms with Crippen LogP contribution < -0.4 is 10.6 Å². The maximum absolute atomic E-state index is 12.6. The molecule has 34 heavy (non-hydrogen) atoms. The van der Waals surface area contributed by atoms with E-state index in [1.807, 2.05) is 30.3 Å². The van der Waals surface area contributed by atoms with Crippen molar-refractivity contribution >= 4 is 23.6 Å². The van der Waals surface area contributed by atoms with Gasteiger partial charge in [-0.05, 0) is 93.6 Å². The number of carbonyl (C=O) groups is 3. The standard InChI is InChI=1S/C27H37N3O4/c1-18(27-14-19-11-20(15-27)13-21(12-19)16-27)28-24(31)17-34-25(32)22-7-9-30(10-8-22)26(33)29-23-5-3-2-4-6-23/h2-6,18-22H,7-17H2,1H3,(H,28,31)(H,29,33). The van der Waals surface area contributed by atoms with Gasteiger partial charge in [0.05, 0.1) is 5.92 Å². The predicted octanol–water partition coefficient (Wildman–Crippen LogP) is 4.19. The zero-order chi connectivity index (χ0) is 23.7. The van der Waals surface area contributed by atoms with Gasteiger partial charge in [-0.15, -0.1) is 0 Å². The molecule has 4 bridgehead atoms. The normalized spacial score (nSPS) is 31.1. The van der Waals surface area contributed by atoms with Gasteiger partial charge in [0.1, 0.15) is 0 Å². The van der Waals surface area contributed by atoms with Crippen LogP contribution in [0.5, 0.6) is 0 Å². The van der Waals surface area contributed by atoms with Gasteiger partial charge in [-0.25, -0.2) is 4.79 Å². The number of ether oxygens (including phenoxy) is 1. The van der Waals surface area contributed by atoms with E-state index >= 15 is 0 Å². The summed E-state index contributed by atoms with van der Waals surface area (Å²) in [7, 11) is 0. The van der Waals surface area contributed by atoms with Gasteiger partial charge >= 0.3 is 12.0 Å². The van der Waals surface area contributed by atoms with Gasteiger partial charge in [0, 0.05) is 24.8 Å². The fourth-order valence-electron chi connectivity index (χ4n) is 7.44. The summed E-state index contributed by atoms with van der Waals surface area (Å²) >= 11 is 0. The number of hydrogen-bond donors (Lipinski definition) is 2. The summed E-state index contributed by atoms with van der Waals surface area (Å²) in [5.74, 6) is 1.71. The second-order valence-electron chi connectivity index (χ2n) is 11.2. The Kier molecular flexibility index (Phi) is 6.54. The number of anilines is 1. The molecule has 0 spiro atoms. The van der Waals surface area contributed by atoms with Gasteiger partial charge in [-0.3, -0.25) is 9.59 Å². The van der Waals surface area contributed by atoms with Gasteiger partial charge in [0.2, 0.25) is 0 Å². The summed E-state index contributed by atoms with van der Waals surface area (Å²) in [6, 6.07) is 9.30. The van der Waals surface area contributed by atoms with Crippen molar-refractivity contribution in [2.24, 2.45) is 29.1 Å². The maximum Gasteiger partial charge on any atom is 0.321 e. The van der Waals surface area contributed by atoms with Crippen molar-refractivity contribution in [2.45, 2.75) is 64.3 Å². The van der Waals surface area contributed by atoms with E-state index in [0.717, 1.165) is 23.4 Å². The molecule has 1 aromatic rings. The third-order valence-electron chi connectivity index (χ3n) is 8.87. The maximum atomic E-state index is 12.6. The highest BCUT2D eigenvalue weighted by Gasteiger charge is 2.53. The van der Waals surface area contributed by atoms with Crippen LogP contribution in [0.3, 0.4) is 0 Å². The summed E-state index contributed by atoms with van der Waals surface area (Å²) in [4.78, 5) is 39.3. The average Bonchev–Trinajstić information content (AvgIpc) is 2.82. The van der Waals surface area contributed by atoms with E-state index in [2.05, 4.69) is 17.6 Å². The molecule has 2 N–H and O–H groups in total. The van der Waals surface area contributed by atoms with Crippen molar-refractivity contribution in [3.8, 4) is 0 Å². The molecule has 4 aliphatic carbocycles. The number of benzene rings is 1. The van der Waals surface area contributed by atoms with E-state index in [-0.39, 0.29) is 41.9 Å². The van der Waals surface area contributed by atoms with Crippen LogP contribution in [0.25, 0.3) is 0 Å². The highest BCUT2D eigenvalue weighted by Crippen LogP contribution is 2.61. The van der Waals surface area contributed by atoms with E-state index < -0.39 is 0 Å². The Morgan fingerprint density at radius 2 is 1.59 bits per heavy atom. The molecule has 5 aliphatic rings. The molecule has 0 radical (unpaired) electrons. The molecule has 1 aromatic carbocycles. The van der Waals surface area contributed by atoms with Crippen molar-refractivity contribution in [2.75, 3.05) is 25.0 Å². The molecule has 1 unspecified atom stereocenters. The van der Waals surface area contributed by atoms with Crippen molar-refractivity contribution in [3.05, 3.63) is 30.3 Å². The van der Waals surface area contributed by atoms with Gasteiger partial charge in [0.25, 0.3) is 5.91 Å². The average molecular weight is 468 g/mol. The third-order valence-corrected chi connectivity index (χ3v) is 8.87. The molecular weight excluding hydrogens is 430 g/mol. The Balaban J connectivity index is 1.04. The molecule has 0 aromatic heterocycles. The van der Waals surface area contributed by atoms with Crippen LogP contribution in [0, 0.1) is 29.1 Å². The molecule has 1 aliphatic heterocycles. The first-order valence-corrected chi connectivity index (χ1v) is 13.0. The van der Waals surface area contributed by atoms with E-state index in [1.165, 1.54) is 38.5 Å². The van der Waals surface area contributed by atoms with Gasteiger partial charge < -0.3 is 20.3 Å². The van der Waals surface area contributed by atoms with E-state index in [0.29, 0.717) is 25.9 Å². The smallest absolute Gasteiger partial charge is 0.321 e. The molecular formula is C27H37N3O4. The van der Waals surface area contributed by atoms with E-state index in [9.17, 15) is 14.4 Å². The first-order valence-electron chi connectivity index (χ1n) is 13.0. The summed E-state index contributed by atoms with van der Waals surface area (Å²) < 4.78 is 5.38. The third kappa shape index (κ3) is 4.93. The van der Waals surface area contributed by atoms with Crippen LogP contribution >= 0.6 is 0 Å². The van der Waals surface area contributed by atoms with Crippen LogP contribution in [-0.4, -0.2) is 48.5 Å². The van der Waals surface area contributed by atoms with Crippen LogP contribution in [0.4, 0.5) is 10.5 Å². The number of esters is 1. The summed E-state index contributed by atoms with van der Waals surface area (Å²) in [6.45, 7) is 2.91. The molecule has 1 atom stereocenters. The number of piperidine rings is 1. The number of nitrogens with zero attached hydrogens (tertiary/aromatic N) is 1. The lowest BCUT2D eigenvalue weighted by Crippen LogP contribution is -2.56. The van der Waals surface area contributed by atoms with Crippen LogP contribution in [0.1, 0.15) is 58.3 Å². The molecule has 184 valence electrons. The number of likely N-dealkylation sites (tertiary alicyclic amines) is 1. The van der Waals surface area contributed by atoms with E-state index in [1.54, 1.807) is 4.90 Å². The lowest BCUT2D eigenvalue weighted by atomic mass is 9.48. The quantitative estimate of drug-likeness (QED) is 0.614. The number of para-hydroxylation sites is 1. The van der Waals surface area contributed by atoms with E-state index in [4.69, 9.17) is 4.74 Å². The Bertz CT molecular complexity index is 874. The number of carbonyl (C=O) groups excluding carboxylic acids is 3. The van der Waals surface area contributed by atoms with Crippen LogP contribution in [0.15, 0.2) is 30.3 Å². The highest BCUT2D eigenvalue weighted by molar-refractivity contribution is 5.89. The number of hydrogen-bond acceptors (Lipinski definition) is 4. The zero-order valence-electron chi connectivity index (χ0n) is 20.1. The summed E-state index contributed by atoms with van der Waals surface area (Å²) in [5, 5.41) is 6.04. The fraction of sp³-hybridized carbons (Fsp3) is 0.667. The largest absolute Gasteiger partial charge is 0.455 e. The molecule has 5 fully saturated rings. The Labute approximate surface area is 202 Å². The molecule has 1 saturated heterocycles. The number of amides is 3. The lowest BCUT2D eigenvalue weighted by Gasteiger charge is -2.59. The molecule has 4 saturated carbocycles. The minimum Gasteiger partial charge on any atom is -0.455 e. The van der Waals surface area contributed by atoms with Crippen molar-refractivity contribution in [3.63, 3.8) is 0 Å². The van der Waals surface area contributed by atoms with Gasteiger partial charge in [-0.2, -0.15) is 0 Å². The lowest BCUT2D eigenvalue weighted by molar-refractivity contribution is -0.154. The summed E-state index contributed by atoms with van der Waals surface area (Å²) in [5.41, 5.74) is 0.990.